The molecule has 0 amide bonds. The first kappa shape index (κ1) is 12.2. The third kappa shape index (κ3) is 3.68. The Morgan fingerprint density at radius 2 is 1.50 bits per heavy atom. The molecule has 14 heavy (non-hydrogen) atoms. The van der Waals surface area contributed by atoms with E-state index in [2.05, 4.69) is 33.0 Å². The first-order valence-electron chi connectivity index (χ1n) is 4.40. The molecule has 78 valence electrons. The van der Waals surface area contributed by atoms with Crippen LogP contribution in [0.1, 0.15) is 0 Å². The lowest BCUT2D eigenvalue weighted by atomic mass is 10.3. The molecule has 0 heterocycles. The van der Waals surface area contributed by atoms with Crippen LogP contribution in [0.4, 0.5) is 5.69 Å². The van der Waals surface area contributed by atoms with Gasteiger partial charge in [0.2, 0.25) is 0 Å². The molecule has 0 aromatic heterocycles. The van der Waals surface area contributed by atoms with E-state index in [1.165, 1.54) is 0 Å². The molecule has 0 spiro atoms. The predicted octanol–water partition coefficient (Wildman–Crippen LogP) is 3.73. The summed E-state index contributed by atoms with van der Waals surface area (Å²) in [6, 6.07) is 8.15. The van der Waals surface area contributed by atoms with Gasteiger partial charge in [-0.15, -0.1) is 23.2 Å². The van der Waals surface area contributed by atoms with Crippen LogP contribution in [0.5, 0.6) is 0 Å². The number of hydrogen-bond donors (Lipinski definition) is 0. The predicted molar refractivity (Wildman–Crippen MR) is 67.8 cm³/mol. The monoisotopic (exact) mass is 295 g/mol. The van der Waals surface area contributed by atoms with Crippen LogP contribution >= 0.6 is 39.1 Å². The van der Waals surface area contributed by atoms with Crippen LogP contribution in [0.2, 0.25) is 0 Å². The summed E-state index contributed by atoms with van der Waals surface area (Å²) in [5.74, 6) is 1.24. The van der Waals surface area contributed by atoms with Crippen molar-refractivity contribution in [3.05, 3.63) is 28.7 Å². The minimum Gasteiger partial charge on any atom is -0.369 e. The standard InChI is InChI=1S/C10H12BrCl2N/c11-9-1-3-10(4-2-9)14(7-5-12)8-6-13/h1-4H,5-8H2. The Bertz CT molecular complexity index is 257. The first-order chi connectivity index (χ1) is 6.77. The minimum absolute atomic E-state index is 0.618. The van der Waals surface area contributed by atoms with Gasteiger partial charge in [-0.3, -0.25) is 0 Å². The molecule has 0 saturated heterocycles. The van der Waals surface area contributed by atoms with Crippen LogP contribution < -0.4 is 4.90 Å². The molecule has 0 aliphatic rings. The summed E-state index contributed by atoms with van der Waals surface area (Å²) in [4.78, 5) is 2.17. The van der Waals surface area contributed by atoms with Crippen LogP contribution in [0.15, 0.2) is 28.7 Å². The molecular formula is C10H12BrCl2N. The van der Waals surface area contributed by atoms with E-state index < -0.39 is 0 Å². The molecule has 4 heteroatoms. The smallest absolute Gasteiger partial charge is 0.0399 e. The highest BCUT2D eigenvalue weighted by Gasteiger charge is 2.04. The molecule has 0 fully saturated rings. The molecule has 0 atom stereocenters. The van der Waals surface area contributed by atoms with Gasteiger partial charge in [-0.25, -0.2) is 0 Å². The van der Waals surface area contributed by atoms with E-state index in [1.807, 2.05) is 12.1 Å². The third-order valence-electron chi connectivity index (χ3n) is 1.90. The highest BCUT2D eigenvalue weighted by atomic mass is 79.9. The molecule has 1 aromatic carbocycles. The quantitative estimate of drug-likeness (QED) is 0.748. The van der Waals surface area contributed by atoms with E-state index >= 15 is 0 Å². The summed E-state index contributed by atoms with van der Waals surface area (Å²) in [6.07, 6.45) is 0. The number of anilines is 1. The van der Waals surface area contributed by atoms with Gasteiger partial charge in [0, 0.05) is 35.0 Å². The van der Waals surface area contributed by atoms with E-state index in [-0.39, 0.29) is 0 Å². The zero-order chi connectivity index (χ0) is 10.4. The Kier molecular flexibility index (Phi) is 5.68. The van der Waals surface area contributed by atoms with Gasteiger partial charge in [-0.05, 0) is 24.3 Å². The van der Waals surface area contributed by atoms with E-state index in [0.717, 1.165) is 23.2 Å². The molecule has 0 radical (unpaired) electrons. The summed E-state index contributed by atoms with van der Waals surface area (Å²) in [7, 11) is 0. The summed E-state index contributed by atoms with van der Waals surface area (Å²) < 4.78 is 1.08. The molecule has 0 aliphatic carbocycles. The average Bonchev–Trinajstić information content (AvgIpc) is 2.19. The Balaban J connectivity index is 2.71. The maximum Gasteiger partial charge on any atom is 0.0399 e. The van der Waals surface area contributed by atoms with E-state index in [4.69, 9.17) is 23.2 Å². The van der Waals surface area contributed by atoms with E-state index in [1.54, 1.807) is 0 Å². The van der Waals surface area contributed by atoms with Crippen molar-refractivity contribution >= 4 is 44.8 Å². The van der Waals surface area contributed by atoms with Gasteiger partial charge in [-0.2, -0.15) is 0 Å². The lowest BCUT2D eigenvalue weighted by molar-refractivity contribution is 0.874. The van der Waals surface area contributed by atoms with Crippen molar-refractivity contribution in [2.45, 2.75) is 0 Å². The molecule has 0 bridgehead atoms. The maximum absolute atomic E-state index is 5.72. The number of halogens is 3. The van der Waals surface area contributed by atoms with Gasteiger partial charge in [0.15, 0.2) is 0 Å². The Hall–Kier alpha value is 0.0800. The van der Waals surface area contributed by atoms with Gasteiger partial charge in [0.25, 0.3) is 0 Å². The fourth-order valence-electron chi connectivity index (χ4n) is 1.23. The first-order valence-corrected chi connectivity index (χ1v) is 6.26. The van der Waals surface area contributed by atoms with Crippen LogP contribution in [0, 0.1) is 0 Å². The number of alkyl halides is 2. The van der Waals surface area contributed by atoms with Gasteiger partial charge in [0.05, 0.1) is 0 Å². The van der Waals surface area contributed by atoms with Crippen LogP contribution in [-0.4, -0.2) is 24.8 Å². The normalized spacial score (nSPS) is 10.2. The fourth-order valence-corrected chi connectivity index (χ4v) is 1.90. The maximum atomic E-state index is 5.72. The lowest BCUT2D eigenvalue weighted by Crippen LogP contribution is -2.27. The minimum atomic E-state index is 0.618. The molecule has 1 aromatic rings. The number of benzene rings is 1. The van der Waals surface area contributed by atoms with Gasteiger partial charge >= 0.3 is 0 Å². The number of nitrogens with zero attached hydrogens (tertiary/aromatic N) is 1. The summed E-state index contributed by atoms with van der Waals surface area (Å²) in [6.45, 7) is 1.66. The lowest BCUT2D eigenvalue weighted by Gasteiger charge is -2.22. The van der Waals surface area contributed by atoms with Crippen molar-refractivity contribution in [3.63, 3.8) is 0 Å². The Labute approximate surface area is 103 Å². The van der Waals surface area contributed by atoms with E-state index in [0.29, 0.717) is 11.8 Å². The molecule has 0 unspecified atom stereocenters. The highest BCUT2D eigenvalue weighted by Crippen LogP contribution is 2.18. The van der Waals surface area contributed by atoms with Crippen LogP contribution in [0.3, 0.4) is 0 Å². The topological polar surface area (TPSA) is 3.24 Å². The molecule has 0 aliphatic heterocycles. The summed E-state index contributed by atoms with van der Waals surface area (Å²) >= 11 is 14.8. The van der Waals surface area contributed by atoms with Crippen molar-refractivity contribution < 1.29 is 0 Å². The number of rotatable bonds is 5. The van der Waals surface area contributed by atoms with Crippen molar-refractivity contribution in [1.29, 1.82) is 0 Å². The second-order valence-electron chi connectivity index (χ2n) is 2.84. The van der Waals surface area contributed by atoms with Gasteiger partial charge < -0.3 is 4.90 Å². The molecule has 1 nitrogen and oxygen atoms in total. The summed E-state index contributed by atoms with van der Waals surface area (Å²) in [5.41, 5.74) is 1.16. The zero-order valence-corrected chi connectivity index (χ0v) is 10.8. The van der Waals surface area contributed by atoms with Crippen molar-refractivity contribution in [2.24, 2.45) is 0 Å². The summed E-state index contributed by atoms with van der Waals surface area (Å²) in [5, 5.41) is 0. The molecule has 1 rings (SSSR count). The second kappa shape index (κ2) is 6.54. The van der Waals surface area contributed by atoms with E-state index in [9.17, 15) is 0 Å². The largest absolute Gasteiger partial charge is 0.369 e. The average molecular weight is 297 g/mol. The second-order valence-corrected chi connectivity index (χ2v) is 4.51. The Morgan fingerprint density at radius 3 is 1.93 bits per heavy atom. The van der Waals surface area contributed by atoms with Gasteiger partial charge in [0.1, 0.15) is 0 Å². The molecule has 0 N–H and O–H groups in total. The van der Waals surface area contributed by atoms with Crippen LogP contribution in [0.25, 0.3) is 0 Å². The SMILES string of the molecule is ClCCN(CCCl)c1ccc(Br)cc1. The zero-order valence-electron chi connectivity index (χ0n) is 7.72. The molecule has 0 saturated carbocycles. The highest BCUT2D eigenvalue weighted by molar-refractivity contribution is 9.10. The van der Waals surface area contributed by atoms with Gasteiger partial charge in [-0.1, -0.05) is 15.9 Å². The van der Waals surface area contributed by atoms with Crippen molar-refractivity contribution in [2.75, 3.05) is 29.7 Å². The third-order valence-corrected chi connectivity index (χ3v) is 2.77. The van der Waals surface area contributed by atoms with Crippen molar-refractivity contribution in [3.8, 4) is 0 Å². The van der Waals surface area contributed by atoms with Crippen LogP contribution in [-0.2, 0) is 0 Å². The van der Waals surface area contributed by atoms with Crippen molar-refractivity contribution in [1.82, 2.24) is 0 Å². The Morgan fingerprint density at radius 1 is 1.00 bits per heavy atom. The molecular weight excluding hydrogens is 285 g/mol. The fraction of sp³-hybridized carbons (Fsp3) is 0.400. The number of hydrogen-bond acceptors (Lipinski definition) is 1.